The van der Waals surface area contributed by atoms with Crippen molar-refractivity contribution in [1.82, 2.24) is 0 Å². The second-order valence-corrected chi connectivity index (χ2v) is 4.07. The summed E-state index contributed by atoms with van der Waals surface area (Å²) in [6.07, 6.45) is 0.354. The maximum atomic E-state index is 13.8. The molecule has 0 heterocycles. The summed E-state index contributed by atoms with van der Waals surface area (Å²) >= 11 is 0. The highest BCUT2D eigenvalue weighted by Gasteiger charge is 2.20. The van der Waals surface area contributed by atoms with Crippen LogP contribution in [0, 0.1) is 15.9 Å². The third-order valence-electron chi connectivity index (χ3n) is 2.67. The molecule has 1 unspecified atom stereocenters. The number of aliphatic hydroxyl groups excluding tert-OH is 1. The van der Waals surface area contributed by atoms with E-state index < -0.39 is 16.4 Å². The van der Waals surface area contributed by atoms with Crippen LogP contribution in [0.2, 0.25) is 0 Å². The van der Waals surface area contributed by atoms with Gasteiger partial charge in [-0.2, -0.15) is 0 Å². The van der Waals surface area contributed by atoms with Crippen LogP contribution in [0.4, 0.5) is 15.8 Å². The van der Waals surface area contributed by atoms with E-state index in [-0.39, 0.29) is 30.7 Å². The normalized spacial score (nSPS) is 12.0. The van der Waals surface area contributed by atoms with Crippen LogP contribution < -0.4 is 10.1 Å². The van der Waals surface area contributed by atoms with Crippen LogP contribution in [0.5, 0.6) is 5.75 Å². The first-order chi connectivity index (χ1) is 9.53. The van der Waals surface area contributed by atoms with Crippen molar-refractivity contribution in [1.29, 1.82) is 0 Å². The van der Waals surface area contributed by atoms with Crippen molar-refractivity contribution in [2.24, 2.45) is 0 Å². The predicted molar refractivity (Wildman–Crippen MR) is 70.6 cm³/mol. The third-order valence-corrected chi connectivity index (χ3v) is 2.67. The Hall–Kier alpha value is -1.93. The summed E-state index contributed by atoms with van der Waals surface area (Å²) < 4.78 is 23.7. The summed E-state index contributed by atoms with van der Waals surface area (Å²) in [5, 5.41) is 22.5. The van der Waals surface area contributed by atoms with Crippen LogP contribution >= 0.6 is 0 Å². The molecule has 0 bridgehead atoms. The van der Waals surface area contributed by atoms with Crippen LogP contribution in [0.1, 0.15) is 6.42 Å². The standard InChI is InChI=1S/C12H17FN2O5/c1-19-7-8(3-4-16)14-10-6-12(20-2)11(15(17)18)5-9(10)13/h5-6,8,14,16H,3-4,7H2,1-2H3. The fourth-order valence-corrected chi connectivity index (χ4v) is 1.73. The Morgan fingerprint density at radius 2 is 2.20 bits per heavy atom. The molecule has 0 radical (unpaired) electrons. The summed E-state index contributed by atoms with van der Waals surface area (Å²) in [6.45, 7) is 0.173. The lowest BCUT2D eigenvalue weighted by Crippen LogP contribution is -2.26. The van der Waals surface area contributed by atoms with E-state index in [1.54, 1.807) is 0 Å². The Kier molecular flexibility index (Phi) is 6.13. The zero-order chi connectivity index (χ0) is 15.1. The summed E-state index contributed by atoms with van der Waals surface area (Å²) in [5.74, 6) is -0.810. The largest absolute Gasteiger partial charge is 0.490 e. The minimum Gasteiger partial charge on any atom is -0.490 e. The Morgan fingerprint density at radius 1 is 1.50 bits per heavy atom. The van der Waals surface area contributed by atoms with Gasteiger partial charge in [0.1, 0.15) is 0 Å². The molecule has 2 N–H and O–H groups in total. The van der Waals surface area contributed by atoms with Crippen LogP contribution in [-0.2, 0) is 4.74 Å². The number of hydrogen-bond acceptors (Lipinski definition) is 6. The molecule has 0 saturated carbocycles. The van der Waals surface area contributed by atoms with Gasteiger partial charge in [0.2, 0.25) is 0 Å². The Balaban J connectivity index is 3.02. The van der Waals surface area contributed by atoms with E-state index in [1.165, 1.54) is 20.3 Å². The Labute approximate surface area is 115 Å². The summed E-state index contributed by atoms with van der Waals surface area (Å²) in [5.41, 5.74) is -0.385. The van der Waals surface area contributed by atoms with E-state index in [2.05, 4.69) is 5.32 Å². The molecular weight excluding hydrogens is 271 g/mol. The first kappa shape index (κ1) is 16.1. The third kappa shape index (κ3) is 4.04. The number of aliphatic hydroxyl groups is 1. The summed E-state index contributed by atoms with van der Waals surface area (Å²) in [4.78, 5) is 10.0. The van der Waals surface area contributed by atoms with Crippen LogP contribution in [0.25, 0.3) is 0 Å². The molecule has 1 aromatic rings. The van der Waals surface area contributed by atoms with Crippen molar-refractivity contribution >= 4 is 11.4 Å². The molecule has 0 spiro atoms. The molecule has 1 aromatic carbocycles. The van der Waals surface area contributed by atoms with Gasteiger partial charge >= 0.3 is 5.69 Å². The number of methoxy groups -OCH3 is 2. The first-order valence-electron chi connectivity index (χ1n) is 5.91. The van der Waals surface area contributed by atoms with Gasteiger partial charge in [-0.15, -0.1) is 0 Å². The highest BCUT2D eigenvalue weighted by molar-refractivity contribution is 5.59. The van der Waals surface area contributed by atoms with Crippen LogP contribution in [-0.4, -0.2) is 43.5 Å². The molecule has 0 fully saturated rings. The van der Waals surface area contributed by atoms with E-state index in [9.17, 15) is 14.5 Å². The molecule has 0 aromatic heterocycles. The molecule has 8 heteroatoms. The fraction of sp³-hybridized carbons (Fsp3) is 0.500. The van der Waals surface area contributed by atoms with Gasteiger partial charge in [0.05, 0.1) is 36.4 Å². The van der Waals surface area contributed by atoms with Crippen molar-refractivity contribution in [3.05, 3.63) is 28.1 Å². The van der Waals surface area contributed by atoms with E-state index in [4.69, 9.17) is 14.6 Å². The van der Waals surface area contributed by atoms with Gasteiger partial charge in [-0.25, -0.2) is 4.39 Å². The summed E-state index contributed by atoms with van der Waals surface area (Å²) in [7, 11) is 2.75. The molecular formula is C12H17FN2O5. The summed E-state index contributed by atoms with van der Waals surface area (Å²) in [6, 6.07) is 1.70. The van der Waals surface area contributed by atoms with Crippen molar-refractivity contribution in [3.63, 3.8) is 0 Å². The zero-order valence-electron chi connectivity index (χ0n) is 11.3. The number of ether oxygens (including phenoxy) is 2. The van der Waals surface area contributed by atoms with E-state index in [0.717, 1.165) is 6.07 Å². The Bertz CT molecular complexity index is 463. The topological polar surface area (TPSA) is 93.9 Å². The van der Waals surface area contributed by atoms with Gasteiger partial charge in [-0.3, -0.25) is 10.1 Å². The fourth-order valence-electron chi connectivity index (χ4n) is 1.73. The van der Waals surface area contributed by atoms with E-state index >= 15 is 0 Å². The van der Waals surface area contributed by atoms with Gasteiger partial charge in [0.15, 0.2) is 11.6 Å². The van der Waals surface area contributed by atoms with Crippen molar-refractivity contribution in [2.75, 3.05) is 32.8 Å². The van der Waals surface area contributed by atoms with Gasteiger partial charge in [-0.05, 0) is 6.42 Å². The molecule has 0 saturated heterocycles. The Morgan fingerprint density at radius 3 is 2.70 bits per heavy atom. The number of nitrogens with zero attached hydrogens (tertiary/aromatic N) is 1. The van der Waals surface area contributed by atoms with E-state index in [0.29, 0.717) is 6.42 Å². The predicted octanol–water partition coefficient (Wildman–Crippen LogP) is 1.55. The highest BCUT2D eigenvalue weighted by atomic mass is 19.1. The average molecular weight is 288 g/mol. The smallest absolute Gasteiger partial charge is 0.313 e. The quantitative estimate of drug-likeness (QED) is 0.557. The number of nitro groups is 1. The number of benzene rings is 1. The van der Waals surface area contributed by atoms with Gasteiger partial charge < -0.3 is 19.9 Å². The van der Waals surface area contributed by atoms with Gasteiger partial charge in [-0.1, -0.05) is 0 Å². The number of anilines is 1. The van der Waals surface area contributed by atoms with Crippen molar-refractivity contribution < 1.29 is 23.9 Å². The SMILES string of the molecule is COCC(CCO)Nc1cc(OC)c([N+](=O)[O-])cc1F. The molecule has 0 aliphatic heterocycles. The lowest BCUT2D eigenvalue weighted by molar-refractivity contribution is -0.385. The maximum Gasteiger partial charge on any atom is 0.313 e. The van der Waals surface area contributed by atoms with Gasteiger partial charge in [0, 0.05) is 19.8 Å². The minimum atomic E-state index is -0.767. The highest BCUT2D eigenvalue weighted by Crippen LogP contribution is 2.32. The molecule has 0 aliphatic carbocycles. The molecule has 0 amide bonds. The lowest BCUT2D eigenvalue weighted by Gasteiger charge is -2.19. The molecule has 1 atom stereocenters. The monoisotopic (exact) mass is 288 g/mol. The van der Waals surface area contributed by atoms with Crippen LogP contribution in [0.15, 0.2) is 12.1 Å². The average Bonchev–Trinajstić information content (AvgIpc) is 2.41. The number of nitrogens with one attached hydrogen (secondary N) is 1. The van der Waals surface area contributed by atoms with Crippen molar-refractivity contribution in [3.8, 4) is 5.75 Å². The molecule has 7 nitrogen and oxygen atoms in total. The number of nitro benzene ring substituents is 1. The lowest BCUT2D eigenvalue weighted by atomic mass is 10.2. The first-order valence-corrected chi connectivity index (χ1v) is 5.91. The number of halogens is 1. The van der Waals surface area contributed by atoms with Crippen LogP contribution in [0.3, 0.4) is 0 Å². The second kappa shape index (κ2) is 7.61. The second-order valence-electron chi connectivity index (χ2n) is 4.07. The minimum absolute atomic E-state index is 0.0425. The molecule has 0 aliphatic rings. The van der Waals surface area contributed by atoms with Crippen molar-refractivity contribution in [2.45, 2.75) is 12.5 Å². The zero-order valence-corrected chi connectivity index (χ0v) is 11.3. The molecule has 1 rings (SSSR count). The molecule has 20 heavy (non-hydrogen) atoms. The number of hydrogen-bond donors (Lipinski definition) is 2. The number of rotatable bonds is 8. The maximum absolute atomic E-state index is 13.8. The van der Waals surface area contributed by atoms with E-state index in [1.807, 2.05) is 0 Å². The molecule has 112 valence electrons. The van der Waals surface area contributed by atoms with Gasteiger partial charge in [0.25, 0.3) is 0 Å².